The standard InChI is InChI=1S/C16H13IN2O2/c17-13-5-10(7-18)6-14(19)16(13)21-9-11-8-20-15-4-2-1-3-12(11)15/h1-6,11H,8-9,19H2. The number of anilines is 1. The fraction of sp³-hybridized carbons (Fsp3) is 0.188. The molecule has 0 fully saturated rings. The molecule has 0 amide bonds. The first-order valence-electron chi connectivity index (χ1n) is 6.52. The first-order chi connectivity index (χ1) is 10.2. The summed E-state index contributed by atoms with van der Waals surface area (Å²) in [5, 5.41) is 8.92. The second-order valence-corrected chi connectivity index (χ2v) is 6.01. The Labute approximate surface area is 136 Å². The van der Waals surface area contributed by atoms with Gasteiger partial charge in [-0.3, -0.25) is 0 Å². The molecule has 21 heavy (non-hydrogen) atoms. The van der Waals surface area contributed by atoms with Gasteiger partial charge in [0, 0.05) is 5.56 Å². The number of hydrogen-bond acceptors (Lipinski definition) is 4. The lowest BCUT2D eigenvalue weighted by Crippen LogP contribution is -2.13. The maximum absolute atomic E-state index is 8.92. The topological polar surface area (TPSA) is 68.3 Å². The van der Waals surface area contributed by atoms with Gasteiger partial charge in [-0.15, -0.1) is 0 Å². The van der Waals surface area contributed by atoms with Gasteiger partial charge in [0.15, 0.2) is 5.75 Å². The van der Waals surface area contributed by atoms with Crippen molar-refractivity contribution in [2.45, 2.75) is 5.92 Å². The normalized spacial score (nSPS) is 15.9. The minimum absolute atomic E-state index is 0.201. The van der Waals surface area contributed by atoms with Gasteiger partial charge in [-0.05, 0) is 40.8 Å². The number of nitrogen functional groups attached to an aromatic ring is 1. The van der Waals surface area contributed by atoms with E-state index >= 15 is 0 Å². The monoisotopic (exact) mass is 392 g/mol. The number of hydrogen-bond donors (Lipinski definition) is 1. The molecule has 3 rings (SSSR count). The van der Waals surface area contributed by atoms with Crippen LogP contribution in [0.1, 0.15) is 17.0 Å². The van der Waals surface area contributed by atoms with Gasteiger partial charge in [0.1, 0.15) is 5.75 Å². The SMILES string of the molecule is N#Cc1cc(N)c(OCC2COc3ccccc32)c(I)c1. The number of rotatable bonds is 3. The molecule has 5 heteroatoms. The third kappa shape index (κ3) is 2.76. The van der Waals surface area contributed by atoms with E-state index < -0.39 is 0 Å². The summed E-state index contributed by atoms with van der Waals surface area (Å²) in [7, 11) is 0. The van der Waals surface area contributed by atoms with Crippen molar-refractivity contribution in [2.75, 3.05) is 18.9 Å². The van der Waals surface area contributed by atoms with Crippen LogP contribution in [0, 0.1) is 14.9 Å². The maximum Gasteiger partial charge on any atom is 0.155 e. The molecule has 0 bridgehead atoms. The quantitative estimate of drug-likeness (QED) is 0.643. The van der Waals surface area contributed by atoms with Crippen molar-refractivity contribution in [3.05, 3.63) is 51.1 Å². The Bertz CT molecular complexity index is 701. The molecular formula is C16H13IN2O2. The second-order valence-electron chi connectivity index (χ2n) is 4.84. The molecule has 1 aliphatic heterocycles. The number of halogens is 1. The summed E-state index contributed by atoms with van der Waals surface area (Å²) >= 11 is 2.13. The molecule has 1 atom stereocenters. The first-order valence-corrected chi connectivity index (χ1v) is 7.60. The lowest BCUT2D eigenvalue weighted by molar-refractivity contribution is 0.248. The molecule has 0 aromatic heterocycles. The third-order valence-electron chi connectivity index (χ3n) is 3.43. The first kappa shape index (κ1) is 14.0. The summed E-state index contributed by atoms with van der Waals surface area (Å²) in [6.07, 6.45) is 0. The Morgan fingerprint density at radius 1 is 1.38 bits per heavy atom. The van der Waals surface area contributed by atoms with Crippen LogP contribution in [0.25, 0.3) is 0 Å². The summed E-state index contributed by atoms with van der Waals surface area (Å²) in [5.74, 6) is 1.76. The molecule has 0 saturated carbocycles. The van der Waals surface area contributed by atoms with Crippen LogP contribution in [-0.2, 0) is 0 Å². The highest BCUT2D eigenvalue weighted by Gasteiger charge is 2.24. The highest BCUT2D eigenvalue weighted by Crippen LogP contribution is 2.35. The molecule has 2 N–H and O–H groups in total. The number of nitrogens with zero attached hydrogens (tertiary/aromatic N) is 1. The number of nitriles is 1. The van der Waals surface area contributed by atoms with E-state index in [2.05, 4.69) is 34.7 Å². The summed E-state index contributed by atoms with van der Waals surface area (Å²) in [6.45, 7) is 1.12. The number of nitrogens with two attached hydrogens (primary N) is 1. The number of benzene rings is 2. The van der Waals surface area contributed by atoms with E-state index in [1.165, 1.54) is 5.56 Å². The summed E-state index contributed by atoms with van der Waals surface area (Å²) in [6, 6.07) is 13.5. The van der Waals surface area contributed by atoms with Gasteiger partial charge in [0.05, 0.1) is 40.0 Å². The fourth-order valence-electron chi connectivity index (χ4n) is 2.38. The highest BCUT2D eigenvalue weighted by atomic mass is 127. The van der Waals surface area contributed by atoms with Crippen molar-refractivity contribution >= 4 is 28.3 Å². The Morgan fingerprint density at radius 3 is 2.95 bits per heavy atom. The van der Waals surface area contributed by atoms with Crippen LogP contribution in [0.5, 0.6) is 11.5 Å². The molecule has 0 aliphatic carbocycles. The van der Waals surface area contributed by atoms with Gasteiger partial charge in [-0.25, -0.2) is 0 Å². The summed E-state index contributed by atoms with van der Waals surface area (Å²) in [4.78, 5) is 0. The van der Waals surface area contributed by atoms with Crippen molar-refractivity contribution in [1.29, 1.82) is 5.26 Å². The lowest BCUT2D eigenvalue weighted by atomic mass is 10.0. The molecule has 0 spiro atoms. The Morgan fingerprint density at radius 2 is 2.19 bits per heavy atom. The number of fused-ring (bicyclic) bond motifs is 1. The molecular weight excluding hydrogens is 379 g/mol. The van der Waals surface area contributed by atoms with Gasteiger partial charge in [0.2, 0.25) is 0 Å². The summed E-state index contributed by atoms with van der Waals surface area (Å²) in [5.41, 5.74) is 8.16. The Hall–Kier alpha value is -1.94. The third-order valence-corrected chi connectivity index (χ3v) is 4.23. The predicted molar refractivity (Wildman–Crippen MR) is 88.5 cm³/mol. The van der Waals surface area contributed by atoms with Gasteiger partial charge < -0.3 is 15.2 Å². The van der Waals surface area contributed by atoms with E-state index in [4.69, 9.17) is 20.5 Å². The minimum atomic E-state index is 0.201. The van der Waals surface area contributed by atoms with Gasteiger partial charge >= 0.3 is 0 Å². The molecule has 1 heterocycles. The highest BCUT2D eigenvalue weighted by molar-refractivity contribution is 14.1. The molecule has 1 aliphatic rings. The summed E-state index contributed by atoms with van der Waals surface area (Å²) < 4.78 is 12.4. The van der Waals surface area contributed by atoms with Crippen molar-refractivity contribution < 1.29 is 9.47 Å². The van der Waals surface area contributed by atoms with Crippen LogP contribution >= 0.6 is 22.6 Å². The zero-order chi connectivity index (χ0) is 14.8. The van der Waals surface area contributed by atoms with Crippen molar-refractivity contribution in [3.8, 4) is 17.6 Å². The molecule has 2 aromatic carbocycles. The molecule has 4 nitrogen and oxygen atoms in total. The van der Waals surface area contributed by atoms with Crippen LogP contribution in [0.2, 0.25) is 0 Å². The van der Waals surface area contributed by atoms with Gasteiger partial charge in [-0.2, -0.15) is 5.26 Å². The molecule has 106 valence electrons. The second kappa shape index (κ2) is 5.82. The maximum atomic E-state index is 8.92. The van der Waals surface area contributed by atoms with E-state index in [0.29, 0.717) is 30.2 Å². The van der Waals surface area contributed by atoms with Crippen LogP contribution in [0.15, 0.2) is 36.4 Å². The van der Waals surface area contributed by atoms with Crippen molar-refractivity contribution in [2.24, 2.45) is 0 Å². The number of para-hydroxylation sites is 1. The average Bonchev–Trinajstić information content (AvgIpc) is 2.89. The van der Waals surface area contributed by atoms with E-state index in [-0.39, 0.29) is 5.92 Å². The minimum Gasteiger partial charge on any atom is -0.493 e. The van der Waals surface area contributed by atoms with Crippen LogP contribution in [0.3, 0.4) is 0 Å². The Balaban J connectivity index is 1.77. The van der Waals surface area contributed by atoms with Gasteiger partial charge in [0.25, 0.3) is 0 Å². The largest absolute Gasteiger partial charge is 0.493 e. The predicted octanol–water partition coefficient (Wildman–Crippen LogP) is 3.30. The smallest absolute Gasteiger partial charge is 0.155 e. The van der Waals surface area contributed by atoms with E-state index in [0.717, 1.165) is 9.32 Å². The number of ether oxygens (including phenoxy) is 2. The van der Waals surface area contributed by atoms with E-state index in [9.17, 15) is 0 Å². The van der Waals surface area contributed by atoms with Crippen LogP contribution in [-0.4, -0.2) is 13.2 Å². The fourth-order valence-corrected chi connectivity index (χ4v) is 3.19. The molecule has 0 radical (unpaired) electrons. The van der Waals surface area contributed by atoms with E-state index in [1.807, 2.05) is 18.2 Å². The van der Waals surface area contributed by atoms with Gasteiger partial charge in [-0.1, -0.05) is 18.2 Å². The Kier molecular flexibility index (Phi) is 3.88. The zero-order valence-corrected chi connectivity index (χ0v) is 13.3. The van der Waals surface area contributed by atoms with Crippen LogP contribution in [0.4, 0.5) is 5.69 Å². The van der Waals surface area contributed by atoms with Crippen molar-refractivity contribution in [3.63, 3.8) is 0 Å². The average molecular weight is 392 g/mol. The molecule has 2 aromatic rings. The van der Waals surface area contributed by atoms with Crippen molar-refractivity contribution in [1.82, 2.24) is 0 Å². The van der Waals surface area contributed by atoms with Crippen LogP contribution < -0.4 is 15.2 Å². The molecule has 0 saturated heterocycles. The van der Waals surface area contributed by atoms with E-state index in [1.54, 1.807) is 12.1 Å². The zero-order valence-electron chi connectivity index (χ0n) is 11.2. The molecule has 1 unspecified atom stereocenters. The lowest BCUT2D eigenvalue weighted by Gasteiger charge is -2.14.